The van der Waals surface area contributed by atoms with Gasteiger partial charge in [-0.1, -0.05) is 62.4 Å². The van der Waals surface area contributed by atoms with Crippen LogP contribution >= 0.6 is 0 Å². The number of hydrogen-bond acceptors (Lipinski definition) is 5. The van der Waals surface area contributed by atoms with Crippen molar-refractivity contribution >= 4 is 24.0 Å². The largest absolute Gasteiger partial charge is 0.482 e. The molecule has 1 aliphatic heterocycles. The van der Waals surface area contributed by atoms with Crippen LogP contribution in [-0.4, -0.2) is 37.8 Å². The molecule has 2 bridgehead atoms. The maximum Gasteiger partial charge on any atom is 0.482 e. The number of benzene rings is 2. The van der Waals surface area contributed by atoms with Crippen LogP contribution in [0.4, 0.5) is 0 Å². The van der Waals surface area contributed by atoms with E-state index in [4.69, 9.17) is 18.5 Å². The summed E-state index contributed by atoms with van der Waals surface area (Å²) in [4.78, 5) is 13.5. The highest BCUT2D eigenvalue weighted by Crippen LogP contribution is 2.65. The van der Waals surface area contributed by atoms with Crippen LogP contribution in [0.25, 0.3) is 11.0 Å². The van der Waals surface area contributed by atoms with E-state index in [1.54, 1.807) is 13.4 Å². The summed E-state index contributed by atoms with van der Waals surface area (Å²) in [6.45, 7) is 6.90. The molecule has 1 saturated heterocycles. The number of carbonyl (C=O) groups is 1. The molecule has 2 aromatic carbocycles. The molecule has 2 heterocycles. The summed E-state index contributed by atoms with van der Waals surface area (Å²) in [7, 11) is 1.00. The van der Waals surface area contributed by atoms with E-state index in [1.165, 1.54) is 6.42 Å². The summed E-state index contributed by atoms with van der Waals surface area (Å²) in [5.74, 6) is 0.492. The number of hydrogen-bond donors (Lipinski definition) is 1. The average Bonchev–Trinajstić information content (AvgIpc) is 3.45. The SMILES string of the molecule is CO[C@@H](C(=O)N[C@@H](Cc1coc2ccccc12)B1O[C@@H]2C[C@@H]3C[C@@H](C3(C)C)[C@]2(C)O1)c1ccccc1. The van der Waals surface area contributed by atoms with E-state index in [0.29, 0.717) is 18.3 Å². The van der Waals surface area contributed by atoms with Gasteiger partial charge in [-0.2, -0.15) is 0 Å². The molecule has 7 heteroatoms. The van der Waals surface area contributed by atoms with Gasteiger partial charge in [0, 0.05) is 12.5 Å². The lowest BCUT2D eigenvalue weighted by molar-refractivity contribution is -0.199. The Bertz CT molecular complexity index is 1260. The monoisotopic (exact) mass is 487 g/mol. The molecule has 7 rings (SSSR count). The van der Waals surface area contributed by atoms with Gasteiger partial charge >= 0.3 is 7.12 Å². The molecule has 188 valence electrons. The number of carbonyl (C=O) groups excluding carboxylic acids is 1. The van der Waals surface area contributed by atoms with Crippen molar-refractivity contribution in [3.8, 4) is 0 Å². The van der Waals surface area contributed by atoms with Gasteiger partial charge in [0.25, 0.3) is 5.91 Å². The van der Waals surface area contributed by atoms with Crippen LogP contribution < -0.4 is 5.32 Å². The van der Waals surface area contributed by atoms with Gasteiger partial charge in [-0.25, -0.2) is 0 Å². The fourth-order valence-corrected chi connectivity index (χ4v) is 6.99. The van der Waals surface area contributed by atoms with Gasteiger partial charge in [-0.3, -0.25) is 4.79 Å². The minimum atomic E-state index is -0.721. The average molecular weight is 487 g/mol. The van der Waals surface area contributed by atoms with Crippen LogP contribution in [0, 0.1) is 17.3 Å². The van der Waals surface area contributed by atoms with Crippen molar-refractivity contribution in [1.29, 1.82) is 0 Å². The van der Waals surface area contributed by atoms with E-state index >= 15 is 0 Å². The van der Waals surface area contributed by atoms with E-state index in [-0.39, 0.29) is 23.0 Å². The first-order valence-corrected chi connectivity index (χ1v) is 13.0. The highest BCUT2D eigenvalue weighted by Gasteiger charge is 2.68. The Labute approximate surface area is 212 Å². The molecule has 1 amide bonds. The van der Waals surface area contributed by atoms with Crippen molar-refractivity contribution in [2.45, 2.75) is 63.8 Å². The molecule has 4 fully saturated rings. The minimum Gasteiger partial charge on any atom is -0.464 e. The van der Waals surface area contributed by atoms with Gasteiger partial charge in [0.1, 0.15) is 5.58 Å². The Hall–Kier alpha value is -2.61. The van der Waals surface area contributed by atoms with Crippen LogP contribution in [0.15, 0.2) is 65.3 Å². The summed E-state index contributed by atoms with van der Waals surface area (Å²) in [5.41, 5.74) is 2.54. The quantitative estimate of drug-likeness (QED) is 0.469. The summed E-state index contributed by atoms with van der Waals surface area (Å²) in [6.07, 6.45) is 3.79. The van der Waals surface area contributed by atoms with Gasteiger partial charge in [0.2, 0.25) is 0 Å². The molecule has 0 unspecified atom stereocenters. The third-order valence-corrected chi connectivity index (χ3v) is 9.20. The van der Waals surface area contributed by atoms with Crippen molar-refractivity contribution in [3.63, 3.8) is 0 Å². The van der Waals surface area contributed by atoms with E-state index in [9.17, 15) is 4.79 Å². The minimum absolute atomic E-state index is 0.0344. The lowest BCUT2D eigenvalue weighted by atomic mass is 9.43. The van der Waals surface area contributed by atoms with E-state index < -0.39 is 19.2 Å². The van der Waals surface area contributed by atoms with E-state index in [1.807, 2.05) is 54.6 Å². The molecule has 3 aliphatic carbocycles. The second-order valence-electron chi connectivity index (χ2n) is 11.4. The summed E-state index contributed by atoms with van der Waals surface area (Å²) in [5, 5.41) is 4.27. The molecular weight excluding hydrogens is 453 g/mol. The van der Waals surface area contributed by atoms with Crippen LogP contribution in [0.2, 0.25) is 0 Å². The number of nitrogens with one attached hydrogen (secondary N) is 1. The second kappa shape index (κ2) is 8.75. The predicted octanol–water partition coefficient (Wildman–Crippen LogP) is 5.12. The van der Waals surface area contributed by atoms with Gasteiger partial charge < -0.3 is 23.8 Å². The molecule has 0 spiro atoms. The van der Waals surface area contributed by atoms with Crippen LogP contribution in [0.3, 0.4) is 0 Å². The number of amides is 1. The van der Waals surface area contributed by atoms with Crippen molar-refractivity contribution in [3.05, 3.63) is 72.0 Å². The molecule has 3 aromatic rings. The fraction of sp³-hybridized carbons (Fsp3) is 0.483. The first-order chi connectivity index (χ1) is 17.3. The third kappa shape index (κ3) is 3.71. The zero-order chi connectivity index (χ0) is 25.1. The first kappa shape index (κ1) is 23.8. The molecule has 1 N–H and O–H groups in total. The summed E-state index contributed by atoms with van der Waals surface area (Å²) < 4.78 is 24.8. The second-order valence-corrected chi connectivity index (χ2v) is 11.4. The molecule has 4 aliphatic rings. The molecule has 3 saturated carbocycles. The number of para-hydroxylation sites is 1. The highest BCUT2D eigenvalue weighted by molar-refractivity contribution is 6.48. The zero-order valence-corrected chi connectivity index (χ0v) is 21.4. The lowest BCUT2D eigenvalue weighted by Crippen LogP contribution is -2.65. The molecule has 6 nitrogen and oxygen atoms in total. The maximum absolute atomic E-state index is 13.5. The molecule has 1 aromatic heterocycles. The van der Waals surface area contributed by atoms with Gasteiger partial charge in [0.15, 0.2) is 6.10 Å². The topological polar surface area (TPSA) is 69.9 Å². The number of furan rings is 1. The highest BCUT2D eigenvalue weighted by atomic mass is 16.7. The fourth-order valence-electron chi connectivity index (χ4n) is 6.99. The smallest absolute Gasteiger partial charge is 0.464 e. The molecule has 0 radical (unpaired) electrons. The zero-order valence-electron chi connectivity index (χ0n) is 21.4. The van der Waals surface area contributed by atoms with Crippen molar-refractivity contribution in [1.82, 2.24) is 5.32 Å². The maximum atomic E-state index is 13.5. The Morgan fingerprint density at radius 1 is 1.11 bits per heavy atom. The summed E-state index contributed by atoms with van der Waals surface area (Å²) in [6, 6.07) is 17.5. The first-order valence-electron chi connectivity index (χ1n) is 13.0. The Balaban J connectivity index is 1.29. The van der Waals surface area contributed by atoms with Crippen LogP contribution in [-0.2, 0) is 25.3 Å². The van der Waals surface area contributed by atoms with E-state index in [0.717, 1.165) is 28.5 Å². The number of fused-ring (bicyclic) bond motifs is 1. The van der Waals surface area contributed by atoms with Crippen LogP contribution in [0.5, 0.6) is 0 Å². The number of methoxy groups -OCH3 is 1. The normalized spacial score (nSPS) is 29.9. The van der Waals surface area contributed by atoms with E-state index in [2.05, 4.69) is 26.1 Å². The predicted molar refractivity (Wildman–Crippen MR) is 138 cm³/mol. The van der Waals surface area contributed by atoms with Gasteiger partial charge in [-0.15, -0.1) is 0 Å². The van der Waals surface area contributed by atoms with Crippen molar-refractivity contribution < 1.29 is 23.3 Å². The van der Waals surface area contributed by atoms with Crippen molar-refractivity contribution in [2.24, 2.45) is 17.3 Å². The summed E-state index contributed by atoms with van der Waals surface area (Å²) >= 11 is 0. The van der Waals surface area contributed by atoms with Crippen molar-refractivity contribution in [2.75, 3.05) is 7.11 Å². The molecule has 6 atom stereocenters. The molecular formula is C29H34BNO5. The molecule has 36 heavy (non-hydrogen) atoms. The Morgan fingerprint density at radius 2 is 1.86 bits per heavy atom. The van der Waals surface area contributed by atoms with Crippen LogP contribution in [0.1, 0.15) is 50.8 Å². The van der Waals surface area contributed by atoms with Gasteiger partial charge in [-0.05, 0) is 60.6 Å². The lowest BCUT2D eigenvalue weighted by Gasteiger charge is -2.64. The number of rotatable bonds is 7. The third-order valence-electron chi connectivity index (χ3n) is 9.20. The number of ether oxygens (including phenoxy) is 1. The Kier molecular flexibility index (Phi) is 5.78. The van der Waals surface area contributed by atoms with Gasteiger partial charge in [0.05, 0.1) is 23.9 Å². The Morgan fingerprint density at radius 3 is 2.61 bits per heavy atom. The standard InChI is InChI=1S/C29H34BNO5/c1-28(2)20-15-23(28)29(3)24(16-20)35-30(36-29)25(14-19-17-34-22-13-9-8-12-21(19)22)31-27(32)26(33-4)18-10-6-5-7-11-18/h5-13,17,20,23-26H,14-16H2,1-4H3,(H,31,32)/t20-,23-,24+,25-,26+,29-/m0/s1.